The number of aryl methyl sites for hydroxylation is 1. The summed E-state index contributed by atoms with van der Waals surface area (Å²) in [4.78, 5) is 10.2. The van der Waals surface area contributed by atoms with Crippen molar-refractivity contribution < 1.29 is 42.6 Å². The van der Waals surface area contributed by atoms with Crippen LogP contribution in [0.3, 0.4) is 0 Å². The molecule has 0 fully saturated rings. The van der Waals surface area contributed by atoms with Crippen molar-refractivity contribution >= 4 is 5.97 Å². The van der Waals surface area contributed by atoms with Crippen LogP contribution in [0.5, 0.6) is 0 Å². The topological polar surface area (TPSA) is 37.3 Å². The molecule has 2 nitrogen and oxygen atoms in total. The number of aromatic carboxylic acids is 1. The molecule has 0 amide bonds. The van der Waals surface area contributed by atoms with E-state index in [9.17, 15) is 4.79 Å². The standard InChI is InChI=1S/C7H5O2.C7H7.Y/c8-7(9)6-4-2-1-3-5-6;1-7-5-3-2-4-6-7;/h1-4H,(H,8,9);2-3,5-6H,1H3;/q2*-1;. The molecule has 0 aromatic heterocycles. The Morgan fingerprint density at radius 2 is 1.94 bits per heavy atom. The van der Waals surface area contributed by atoms with Crippen molar-refractivity contribution in [3.05, 3.63) is 71.8 Å². The Morgan fingerprint density at radius 1 is 1.18 bits per heavy atom. The molecule has 2 rings (SSSR count). The van der Waals surface area contributed by atoms with Crippen molar-refractivity contribution in [1.29, 1.82) is 0 Å². The fourth-order valence-electron chi connectivity index (χ4n) is 1.01. The molecule has 0 spiro atoms. The zero-order valence-corrected chi connectivity index (χ0v) is 12.4. The van der Waals surface area contributed by atoms with Crippen LogP contribution in [-0.2, 0) is 32.7 Å². The predicted molar refractivity (Wildman–Crippen MR) is 62.3 cm³/mol. The van der Waals surface area contributed by atoms with Crippen LogP contribution in [-0.4, -0.2) is 11.1 Å². The van der Waals surface area contributed by atoms with Crippen LogP contribution in [0.2, 0.25) is 0 Å². The van der Waals surface area contributed by atoms with E-state index in [1.807, 2.05) is 18.2 Å². The van der Waals surface area contributed by atoms with Gasteiger partial charge in [-0.25, -0.2) is 0 Å². The van der Waals surface area contributed by atoms with E-state index in [0.29, 0.717) is 0 Å². The molecular weight excluding hydrogens is 289 g/mol. The number of hydrogen-bond acceptors (Lipinski definition) is 1. The quantitative estimate of drug-likeness (QED) is 0.822. The number of rotatable bonds is 1. The monoisotopic (exact) mass is 301 g/mol. The second kappa shape index (κ2) is 9.09. The molecule has 85 valence electrons. The molecule has 0 saturated heterocycles. The van der Waals surface area contributed by atoms with Gasteiger partial charge in [0, 0.05) is 32.7 Å². The third-order valence-corrected chi connectivity index (χ3v) is 1.80. The predicted octanol–water partition coefficient (Wildman–Crippen LogP) is 2.98. The van der Waals surface area contributed by atoms with Crippen molar-refractivity contribution in [1.82, 2.24) is 0 Å². The van der Waals surface area contributed by atoms with E-state index in [2.05, 4.69) is 25.1 Å². The fourth-order valence-corrected chi connectivity index (χ4v) is 1.01. The summed E-state index contributed by atoms with van der Waals surface area (Å²) < 4.78 is 0. The van der Waals surface area contributed by atoms with Crippen LogP contribution < -0.4 is 0 Å². The molecule has 0 saturated carbocycles. The van der Waals surface area contributed by atoms with Crippen molar-refractivity contribution in [2.24, 2.45) is 0 Å². The van der Waals surface area contributed by atoms with Gasteiger partial charge in [0.05, 0.1) is 0 Å². The molecule has 2 aromatic rings. The normalized spacial score (nSPS) is 8.29. The van der Waals surface area contributed by atoms with E-state index in [1.165, 1.54) is 11.6 Å². The van der Waals surface area contributed by atoms with Gasteiger partial charge < -0.3 is 9.90 Å². The van der Waals surface area contributed by atoms with Gasteiger partial charge >= 0.3 is 0 Å². The van der Waals surface area contributed by atoms with E-state index in [0.717, 1.165) is 0 Å². The summed E-state index contributed by atoms with van der Waals surface area (Å²) in [6.07, 6.45) is 0. The van der Waals surface area contributed by atoms with Gasteiger partial charge in [-0.1, -0.05) is 12.5 Å². The van der Waals surface area contributed by atoms with E-state index in [4.69, 9.17) is 5.11 Å². The maximum atomic E-state index is 10.2. The molecule has 0 bridgehead atoms. The molecule has 1 N–H and O–H groups in total. The molecule has 0 aliphatic carbocycles. The number of carboxylic acids is 1. The van der Waals surface area contributed by atoms with Gasteiger partial charge in [0.15, 0.2) is 0 Å². The Labute approximate surface area is 127 Å². The van der Waals surface area contributed by atoms with E-state index < -0.39 is 5.97 Å². The summed E-state index contributed by atoms with van der Waals surface area (Å²) in [5.41, 5.74) is 1.47. The molecule has 2 aromatic carbocycles. The van der Waals surface area contributed by atoms with E-state index in [1.54, 1.807) is 18.2 Å². The summed E-state index contributed by atoms with van der Waals surface area (Å²) >= 11 is 0. The van der Waals surface area contributed by atoms with Crippen LogP contribution in [0, 0.1) is 19.1 Å². The average molecular weight is 301 g/mol. The molecule has 0 aliphatic rings. The zero-order chi connectivity index (χ0) is 11.8. The molecule has 0 unspecified atom stereocenters. The molecule has 17 heavy (non-hydrogen) atoms. The Balaban J connectivity index is 0.000000292. The molecule has 0 heterocycles. The van der Waals surface area contributed by atoms with Gasteiger partial charge in [-0.3, -0.25) is 0 Å². The van der Waals surface area contributed by atoms with Gasteiger partial charge in [-0.05, 0) is 0 Å². The first-order chi connectivity index (χ1) is 7.70. The molecular formula is C14H12O2Y-2. The second-order valence-corrected chi connectivity index (χ2v) is 3.16. The van der Waals surface area contributed by atoms with Gasteiger partial charge in [0.25, 0.3) is 0 Å². The van der Waals surface area contributed by atoms with Crippen LogP contribution in [0.15, 0.2) is 48.5 Å². The van der Waals surface area contributed by atoms with Crippen molar-refractivity contribution in [3.63, 3.8) is 0 Å². The fraction of sp³-hybridized carbons (Fsp3) is 0.0714. The minimum absolute atomic E-state index is 0. The summed E-state index contributed by atoms with van der Waals surface area (Å²) in [7, 11) is 0. The first-order valence-corrected chi connectivity index (χ1v) is 4.83. The Kier molecular flexibility index (Phi) is 8.56. The van der Waals surface area contributed by atoms with E-state index >= 15 is 0 Å². The summed E-state index contributed by atoms with van der Waals surface area (Å²) in [5, 5.41) is 8.35. The van der Waals surface area contributed by atoms with Crippen LogP contribution in [0.25, 0.3) is 0 Å². The van der Waals surface area contributed by atoms with Crippen LogP contribution in [0.4, 0.5) is 0 Å². The average Bonchev–Trinajstić information content (AvgIpc) is 2.32. The zero-order valence-electron chi connectivity index (χ0n) is 9.55. The summed E-state index contributed by atoms with van der Waals surface area (Å²) in [6.45, 7) is 2.05. The maximum Gasteiger partial charge on any atom is 0.247 e. The third-order valence-electron chi connectivity index (χ3n) is 1.80. The largest absolute Gasteiger partial charge is 0.521 e. The second-order valence-electron chi connectivity index (χ2n) is 3.16. The Hall–Kier alpha value is -0.986. The molecule has 0 aliphatic heterocycles. The number of hydrogen-bond donors (Lipinski definition) is 1. The molecule has 0 atom stereocenters. The van der Waals surface area contributed by atoms with Crippen LogP contribution in [0.1, 0.15) is 15.9 Å². The Morgan fingerprint density at radius 3 is 2.24 bits per heavy atom. The number of carboxylic acid groups (broad SMARTS) is 1. The van der Waals surface area contributed by atoms with Crippen LogP contribution >= 0.6 is 0 Å². The number of benzene rings is 2. The maximum absolute atomic E-state index is 10.2. The first-order valence-electron chi connectivity index (χ1n) is 4.83. The van der Waals surface area contributed by atoms with Gasteiger partial charge in [0.1, 0.15) is 0 Å². The summed E-state index contributed by atoms with van der Waals surface area (Å²) in [6, 6.07) is 19.9. The number of carbonyl (C=O) groups is 1. The van der Waals surface area contributed by atoms with Crippen molar-refractivity contribution in [3.8, 4) is 0 Å². The SMILES string of the molecule is Cc1c[c-]ccc1.O=C(O)c1[c-]cccc1.[Y]. The van der Waals surface area contributed by atoms with Crippen molar-refractivity contribution in [2.45, 2.75) is 6.92 Å². The molecule has 1 radical (unpaired) electrons. The van der Waals surface area contributed by atoms with Gasteiger partial charge in [0.2, 0.25) is 5.97 Å². The van der Waals surface area contributed by atoms with Gasteiger partial charge in [-0.2, -0.15) is 35.9 Å². The minimum Gasteiger partial charge on any atom is -0.521 e. The Bertz CT molecular complexity index is 426. The molecule has 3 heteroatoms. The minimum atomic E-state index is -0.935. The first kappa shape index (κ1) is 16.0. The van der Waals surface area contributed by atoms with Crippen molar-refractivity contribution in [2.75, 3.05) is 0 Å². The summed E-state index contributed by atoms with van der Waals surface area (Å²) in [5.74, 6) is -0.935. The smallest absolute Gasteiger partial charge is 0.247 e. The van der Waals surface area contributed by atoms with Gasteiger partial charge in [-0.15, -0.1) is 30.3 Å². The van der Waals surface area contributed by atoms with E-state index in [-0.39, 0.29) is 38.3 Å². The third kappa shape index (κ3) is 7.03.